The van der Waals surface area contributed by atoms with Crippen LogP contribution in [0.4, 0.5) is 0 Å². The lowest BCUT2D eigenvalue weighted by molar-refractivity contribution is -0.126. The molecule has 1 unspecified atom stereocenters. The summed E-state index contributed by atoms with van der Waals surface area (Å²) in [6, 6.07) is 3.67. The molecule has 0 bridgehead atoms. The highest BCUT2D eigenvalue weighted by Crippen LogP contribution is 2.11. The molecule has 1 aromatic heterocycles. The van der Waals surface area contributed by atoms with Crippen LogP contribution >= 0.6 is 0 Å². The highest BCUT2D eigenvalue weighted by molar-refractivity contribution is 5.80. The number of methoxy groups -OCH3 is 1. The van der Waals surface area contributed by atoms with E-state index in [9.17, 15) is 4.79 Å². The molecule has 1 aromatic rings. The molecule has 1 amide bonds. The SMILES string of the molecule is CNC(=O)C(C)Oc1ccc(CNCCOC)nc1. The number of hydrogen-bond acceptors (Lipinski definition) is 5. The summed E-state index contributed by atoms with van der Waals surface area (Å²) in [4.78, 5) is 15.6. The zero-order chi connectivity index (χ0) is 14.1. The van der Waals surface area contributed by atoms with E-state index in [1.54, 1.807) is 33.3 Å². The van der Waals surface area contributed by atoms with Gasteiger partial charge in [-0.1, -0.05) is 0 Å². The fourth-order valence-corrected chi connectivity index (χ4v) is 1.44. The van der Waals surface area contributed by atoms with Crippen LogP contribution in [0.25, 0.3) is 0 Å². The van der Waals surface area contributed by atoms with Crippen LogP contribution in [0.15, 0.2) is 18.3 Å². The standard InChI is InChI=1S/C13H21N3O3/c1-10(13(17)14-2)19-12-5-4-11(16-9-12)8-15-6-7-18-3/h4-5,9-10,15H,6-8H2,1-3H3,(H,14,17). The summed E-state index contributed by atoms with van der Waals surface area (Å²) >= 11 is 0. The van der Waals surface area contributed by atoms with Crippen molar-refractivity contribution in [3.8, 4) is 5.75 Å². The number of hydrogen-bond donors (Lipinski definition) is 2. The number of carbonyl (C=O) groups is 1. The molecule has 1 heterocycles. The molecule has 0 saturated carbocycles. The molecule has 2 N–H and O–H groups in total. The Kier molecular flexibility index (Phi) is 6.84. The number of ether oxygens (including phenoxy) is 2. The third-order valence-corrected chi connectivity index (χ3v) is 2.52. The quantitative estimate of drug-likeness (QED) is 0.664. The molecule has 1 rings (SSSR count). The zero-order valence-corrected chi connectivity index (χ0v) is 11.6. The topological polar surface area (TPSA) is 72.5 Å². The van der Waals surface area contributed by atoms with Crippen molar-refractivity contribution in [1.29, 1.82) is 0 Å². The van der Waals surface area contributed by atoms with Gasteiger partial charge in [0.25, 0.3) is 5.91 Å². The fraction of sp³-hybridized carbons (Fsp3) is 0.538. The Labute approximate surface area is 113 Å². The van der Waals surface area contributed by atoms with Crippen molar-refractivity contribution in [2.75, 3.05) is 27.3 Å². The molecule has 0 saturated heterocycles. The average Bonchev–Trinajstić information content (AvgIpc) is 2.44. The summed E-state index contributed by atoms with van der Waals surface area (Å²) in [6.07, 6.45) is 1.09. The second-order valence-electron chi connectivity index (χ2n) is 4.03. The van der Waals surface area contributed by atoms with Crippen LogP contribution in [-0.4, -0.2) is 44.3 Å². The number of pyridine rings is 1. The van der Waals surface area contributed by atoms with E-state index in [0.29, 0.717) is 18.9 Å². The Morgan fingerprint density at radius 1 is 1.47 bits per heavy atom. The molecule has 0 fully saturated rings. The van der Waals surface area contributed by atoms with E-state index in [-0.39, 0.29) is 5.91 Å². The second-order valence-corrected chi connectivity index (χ2v) is 4.03. The van der Waals surface area contributed by atoms with E-state index in [4.69, 9.17) is 9.47 Å². The van der Waals surface area contributed by atoms with Gasteiger partial charge in [-0.05, 0) is 19.1 Å². The Bertz CT molecular complexity index is 381. The number of aromatic nitrogens is 1. The van der Waals surface area contributed by atoms with Crippen LogP contribution < -0.4 is 15.4 Å². The normalized spacial score (nSPS) is 11.9. The molecule has 106 valence electrons. The van der Waals surface area contributed by atoms with E-state index < -0.39 is 6.10 Å². The highest BCUT2D eigenvalue weighted by Gasteiger charge is 2.12. The summed E-state index contributed by atoms with van der Waals surface area (Å²) in [5.74, 6) is 0.419. The molecule has 0 aromatic carbocycles. The van der Waals surface area contributed by atoms with Crippen molar-refractivity contribution in [3.63, 3.8) is 0 Å². The van der Waals surface area contributed by atoms with Crippen LogP contribution in [0.3, 0.4) is 0 Å². The zero-order valence-electron chi connectivity index (χ0n) is 11.6. The van der Waals surface area contributed by atoms with Gasteiger partial charge in [0, 0.05) is 27.2 Å². The molecule has 19 heavy (non-hydrogen) atoms. The summed E-state index contributed by atoms with van der Waals surface area (Å²) in [5.41, 5.74) is 0.913. The van der Waals surface area contributed by atoms with Crippen molar-refractivity contribution >= 4 is 5.91 Å². The molecule has 1 atom stereocenters. The number of nitrogens with one attached hydrogen (secondary N) is 2. The number of carbonyl (C=O) groups excluding carboxylic acids is 1. The van der Waals surface area contributed by atoms with Crippen LogP contribution in [0.2, 0.25) is 0 Å². The van der Waals surface area contributed by atoms with Crippen molar-refractivity contribution < 1.29 is 14.3 Å². The lowest BCUT2D eigenvalue weighted by Gasteiger charge is -2.13. The van der Waals surface area contributed by atoms with Crippen LogP contribution in [0.5, 0.6) is 5.75 Å². The first-order valence-electron chi connectivity index (χ1n) is 6.20. The minimum Gasteiger partial charge on any atom is -0.479 e. The van der Waals surface area contributed by atoms with Crippen molar-refractivity contribution in [1.82, 2.24) is 15.6 Å². The summed E-state index contributed by atoms with van der Waals surface area (Å²) in [6.45, 7) is 3.82. The van der Waals surface area contributed by atoms with Crippen LogP contribution in [-0.2, 0) is 16.1 Å². The summed E-state index contributed by atoms with van der Waals surface area (Å²) < 4.78 is 10.4. The monoisotopic (exact) mass is 267 g/mol. The lowest BCUT2D eigenvalue weighted by atomic mass is 10.3. The molecule has 0 spiro atoms. The van der Waals surface area contributed by atoms with Crippen LogP contribution in [0, 0.1) is 0 Å². The summed E-state index contributed by atoms with van der Waals surface area (Å²) in [5, 5.41) is 5.73. The highest BCUT2D eigenvalue weighted by atomic mass is 16.5. The van der Waals surface area contributed by atoms with Gasteiger partial charge in [0.2, 0.25) is 0 Å². The van der Waals surface area contributed by atoms with Crippen molar-refractivity contribution in [3.05, 3.63) is 24.0 Å². The van der Waals surface area contributed by atoms with Gasteiger partial charge < -0.3 is 20.1 Å². The van der Waals surface area contributed by atoms with Crippen LogP contribution in [0.1, 0.15) is 12.6 Å². The van der Waals surface area contributed by atoms with E-state index in [1.807, 2.05) is 6.07 Å². The minimum absolute atomic E-state index is 0.162. The summed E-state index contributed by atoms with van der Waals surface area (Å²) in [7, 11) is 3.24. The fourth-order valence-electron chi connectivity index (χ4n) is 1.44. The predicted molar refractivity (Wildman–Crippen MR) is 72.0 cm³/mol. The van der Waals surface area contributed by atoms with Gasteiger partial charge in [0.15, 0.2) is 6.10 Å². The molecule has 0 radical (unpaired) electrons. The predicted octanol–water partition coefficient (Wildman–Crippen LogP) is 0.331. The van der Waals surface area contributed by atoms with E-state index in [2.05, 4.69) is 15.6 Å². The van der Waals surface area contributed by atoms with Gasteiger partial charge >= 0.3 is 0 Å². The van der Waals surface area contributed by atoms with Gasteiger partial charge in [0.1, 0.15) is 5.75 Å². The Morgan fingerprint density at radius 2 is 2.26 bits per heavy atom. The first-order valence-corrected chi connectivity index (χ1v) is 6.20. The minimum atomic E-state index is -0.530. The molecule has 0 aliphatic heterocycles. The third kappa shape index (κ3) is 5.67. The molecular formula is C13H21N3O3. The van der Waals surface area contributed by atoms with Crippen molar-refractivity contribution in [2.45, 2.75) is 19.6 Å². The van der Waals surface area contributed by atoms with Gasteiger partial charge in [-0.2, -0.15) is 0 Å². The smallest absolute Gasteiger partial charge is 0.260 e. The van der Waals surface area contributed by atoms with Gasteiger partial charge in [-0.15, -0.1) is 0 Å². The molecule has 6 nitrogen and oxygen atoms in total. The second kappa shape index (κ2) is 8.44. The van der Waals surface area contributed by atoms with Gasteiger partial charge in [0.05, 0.1) is 18.5 Å². The maximum atomic E-state index is 11.3. The molecule has 0 aliphatic carbocycles. The number of nitrogens with zero attached hydrogens (tertiary/aromatic N) is 1. The van der Waals surface area contributed by atoms with Crippen molar-refractivity contribution in [2.24, 2.45) is 0 Å². The van der Waals surface area contributed by atoms with E-state index >= 15 is 0 Å². The Balaban J connectivity index is 2.41. The molecular weight excluding hydrogens is 246 g/mol. The van der Waals surface area contributed by atoms with E-state index in [0.717, 1.165) is 12.2 Å². The molecule has 0 aliphatic rings. The average molecular weight is 267 g/mol. The Hall–Kier alpha value is -1.66. The lowest BCUT2D eigenvalue weighted by Crippen LogP contribution is -2.33. The maximum Gasteiger partial charge on any atom is 0.260 e. The van der Waals surface area contributed by atoms with E-state index in [1.165, 1.54) is 0 Å². The number of likely N-dealkylation sites (N-methyl/N-ethyl adjacent to an activating group) is 1. The van der Waals surface area contributed by atoms with Gasteiger partial charge in [-0.3, -0.25) is 9.78 Å². The largest absolute Gasteiger partial charge is 0.479 e. The Morgan fingerprint density at radius 3 is 2.84 bits per heavy atom. The molecule has 6 heteroatoms. The van der Waals surface area contributed by atoms with Gasteiger partial charge in [-0.25, -0.2) is 0 Å². The number of amides is 1. The third-order valence-electron chi connectivity index (χ3n) is 2.52. The first kappa shape index (κ1) is 15.4. The number of rotatable bonds is 8. The maximum absolute atomic E-state index is 11.3. The first-order chi connectivity index (χ1) is 9.17.